The van der Waals surface area contributed by atoms with Gasteiger partial charge in [0.15, 0.2) is 11.9 Å². The molecule has 0 aliphatic rings. The van der Waals surface area contributed by atoms with Crippen molar-refractivity contribution in [3.8, 4) is 16.9 Å². The second-order valence-electron chi connectivity index (χ2n) is 8.02. The number of aryl methyl sites for hydroxylation is 3. The average molecular weight is 378 g/mol. The highest BCUT2D eigenvalue weighted by Gasteiger charge is 2.20. The molecule has 0 N–H and O–H groups in total. The van der Waals surface area contributed by atoms with Crippen molar-refractivity contribution in [1.82, 2.24) is 4.57 Å². The molecule has 2 heterocycles. The third-order valence-corrected chi connectivity index (χ3v) is 6.02. The molecule has 0 saturated heterocycles. The van der Waals surface area contributed by atoms with E-state index in [-0.39, 0.29) is 0 Å². The van der Waals surface area contributed by atoms with Gasteiger partial charge in [-0.2, -0.15) is 4.57 Å². The first-order valence-electron chi connectivity index (χ1n) is 10.1. The fraction of sp³-hybridized carbons (Fsp3) is 0.148. The zero-order valence-electron chi connectivity index (χ0n) is 17.4. The van der Waals surface area contributed by atoms with Gasteiger partial charge in [0.05, 0.1) is 0 Å². The Bertz CT molecular complexity index is 1390. The Hall–Kier alpha value is -3.39. The molecule has 0 aliphatic heterocycles. The highest BCUT2D eigenvalue weighted by Crippen LogP contribution is 2.32. The first-order valence-corrected chi connectivity index (χ1v) is 10.1. The van der Waals surface area contributed by atoms with Crippen molar-refractivity contribution in [3.63, 3.8) is 0 Å². The minimum absolute atomic E-state index is 1.24. The van der Waals surface area contributed by atoms with Crippen LogP contribution in [0.25, 0.3) is 38.6 Å². The van der Waals surface area contributed by atoms with E-state index in [2.05, 4.69) is 116 Å². The van der Waals surface area contributed by atoms with Crippen LogP contribution in [-0.4, -0.2) is 4.57 Å². The summed E-state index contributed by atoms with van der Waals surface area (Å²) in [5.41, 5.74) is 8.86. The first kappa shape index (κ1) is 17.7. The minimum Gasteiger partial charge on any atom is -0.344 e. The molecule has 0 radical (unpaired) electrons. The predicted molar refractivity (Wildman–Crippen MR) is 122 cm³/mol. The van der Waals surface area contributed by atoms with E-state index < -0.39 is 0 Å². The molecule has 0 atom stereocenters. The Labute approximate surface area is 171 Å². The zero-order chi connectivity index (χ0) is 20.1. The van der Waals surface area contributed by atoms with Crippen molar-refractivity contribution >= 4 is 21.7 Å². The summed E-state index contributed by atoms with van der Waals surface area (Å²) in [7, 11) is 2.16. The van der Waals surface area contributed by atoms with Gasteiger partial charge in [-0.05, 0) is 49.1 Å². The summed E-state index contributed by atoms with van der Waals surface area (Å²) in [6.45, 7) is 6.61. The Balaban J connectivity index is 1.77. The van der Waals surface area contributed by atoms with Gasteiger partial charge >= 0.3 is 0 Å². The lowest BCUT2D eigenvalue weighted by atomic mass is 9.99. The quantitative estimate of drug-likeness (QED) is 0.324. The van der Waals surface area contributed by atoms with E-state index in [0.29, 0.717) is 0 Å². The van der Waals surface area contributed by atoms with Crippen molar-refractivity contribution in [3.05, 3.63) is 95.8 Å². The molecule has 142 valence electrons. The van der Waals surface area contributed by atoms with Gasteiger partial charge in [-0.25, -0.2) is 0 Å². The maximum Gasteiger partial charge on any atom is 0.214 e. The van der Waals surface area contributed by atoms with E-state index in [0.717, 1.165) is 0 Å². The average Bonchev–Trinajstić information content (AvgIpc) is 3.06. The van der Waals surface area contributed by atoms with Crippen molar-refractivity contribution in [1.29, 1.82) is 0 Å². The molecule has 0 aliphatic carbocycles. The van der Waals surface area contributed by atoms with Crippen LogP contribution in [0.4, 0.5) is 0 Å². The molecule has 3 aromatic carbocycles. The summed E-state index contributed by atoms with van der Waals surface area (Å²) in [6, 6.07) is 26.3. The Morgan fingerprint density at radius 1 is 0.724 bits per heavy atom. The number of hydrogen-bond donors (Lipinski definition) is 0. The van der Waals surface area contributed by atoms with E-state index >= 15 is 0 Å². The Morgan fingerprint density at radius 2 is 1.41 bits per heavy atom. The summed E-state index contributed by atoms with van der Waals surface area (Å²) in [5, 5.41) is 3.81. The molecule has 0 saturated carbocycles. The standard InChI is InChI=1S/C27H25N2/c1-18-13-24(27-16-22-10-7-8-12-25(22)28(27)4)20(3)26(14-18)29-17-23-11-6-5-9-21(23)15-19(29)2/h5-17H,1-4H3/q+1. The van der Waals surface area contributed by atoms with Crippen molar-refractivity contribution in [2.24, 2.45) is 7.05 Å². The van der Waals surface area contributed by atoms with Crippen molar-refractivity contribution < 1.29 is 4.57 Å². The molecule has 2 heteroatoms. The van der Waals surface area contributed by atoms with E-state index in [4.69, 9.17) is 0 Å². The number of rotatable bonds is 2. The number of para-hydroxylation sites is 1. The first-order chi connectivity index (χ1) is 14.0. The molecule has 0 spiro atoms. The van der Waals surface area contributed by atoms with Crippen LogP contribution in [0.5, 0.6) is 0 Å². The smallest absolute Gasteiger partial charge is 0.214 e. The van der Waals surface area contributed by atoms with Gasteiger partial charge in [0.1, 0.15) is 0 Å². The summed E-state index contributed by atoms with van der Waals surface area (Å²) < 4.78 is 4.63. The third-order valence-electron chi connectivity index (χ3n) is 6.02. The molecule has 0 bridgehead atoms. The van der Waals surface area contributed by atoms with Crippen LogP contribution in [0, 0.1) is 20.8 Å². The van der Waals surface area contributed by atoms with E-state index in [9.17, 15) is 0 Å². The van der Waals surface area contributed by atoms with Crippen LogP contribution in [0.15, 0.2) is 79.0 Å². The molecule has 0 amide bonds. The van der Waals surface area contributed by atoms with Gasteiger partial charge in [0, 0.05) is 59.2 Å². The van der Waals surface area contributed by atoms with Gasteiger partial charge in [-0.3, -0.25) is 0 Å². The molecule has 29 heavy (non-hydrogen) atoms. The summed E-state index contributed by atoms with van der Waals surface area (Å²) in [6.07, 6.45) is 2.26. The fourth-order valence-corrected chi connectivity index (χ4v) is 4.46. The van der Waals surface area contributed by atoms with Crippen molar-refractivity contribution in [2.45, 2.75) is 20.8 Å². The molecular formula is C27H25N2+. The topological polar surface area (TPSA) is 8.81 Å². The number of pyridine rings is 1. The molecule has 0 unspecified atom stereocenters. The number of nitrogens with zero attached hydrogens (tertiary/aromatic N) is 2. The molecule has 0 fully saturated rings. The summed E-state index contributed by atoms with van der Waals surface area (Å²) >= 11 is 0. The maximum absolute atomic E-state index is 2.33. The Kier molecular flexibility index (Phi) is 4.02. The Morgan fingerprint density at radius 3 is 2.17 bits per heavy atom. The van der Waals surface area contributed by atoms with Gasteiger partial charge in [0.25, 0.3) is 0 Å². The van der Waals surface area contributed by atoms with Crippen LogP contribution in [0.1, 0.15) is 16.8 Å². The third kappa shape index (κ3) is 2.84. The molecule has 2 aromatic heterocycles. The molecule has 5 aromatic rings. The lowest BCUT2D eigenvalue weighted by molar-refractivity contribution is -0.601. The van der Waals surface area contributed by atoms with Gasteiger partial charge in [-0.1, -0.05) is 36.4 Å². The van der Waals surface area contributed by atoms with E-state index in [1.54, 1.807) is 0 Å². The lowest BCUT2D eigenvalue weighted by Crippen LogP contribution is -2.35. The number of aromatic nitrogens is 2. The normalized spacial score (nSPS) is 11.4. The van der Waals surface area contributed by atoms with Crippen LogP contribution >= 0.6 is 0 Å². The molecular weight excluding hydrogens is 352 g/mol. The number of hydrogen-bond acceptors (Lipinski definition) is 0. The monoisotopic (exact) mass is 377 g/mol. The highest BCUT2D eigenvalue weighted by molar-refractivity contribution is 5.88. The van der Waals surface area contributed by atoms with Gasteiger partial charge < -0.3 is 4.57 Å². The maximum atomic E-state index is 2.33. The molecule has 2 nitrogen and oxygen atoms in total. The second kappa shape index (κ2) is 6.59. The van der Waals surface area contributed by atoms with Crippen LogP contribution in [-0.2, 0) is 7.05 Å². The summed E-state index contributed by atoms with van der Waals surface area (Å²) in [5.74, 6) is 0. The fourth-order valence-electron chi connectivity index (χ4n) is 4.46. The van der Waals surface area contributed by atoms with Crippen molar-refractivity contribution in [2.75, 3.05) is 0 Å². The van der Waals surface area contributed by atoms with Gasteiger partial charge in [0.2, 0.25) is 5.69 Å². The van der Waals surface area contributed by atoms with E-state index in [1.165, 1.54) is 55.4 Å². The number of benzene rings is 3. The molecule has 5 rings (SSSR count). The van der Waals surface area contributed by atoms with E-state index in [1.807, 2.05) is 0 Å². The van der Waals surface area contributed by atoms with Crippen LogP contribution in [0.2, 0.25) is 0 Å². The summed E-state index contributed by atoms with van der Waals surface area (Å²) in [4.78, 5) is 0. The van der Waals surface area contributed by atoms with Crippen LogP contribution < -0.4 is 4.57 Å². The predicted octanol–water partition coefficient (Wildman–Crippen LogP) is 6.20. The second-order valence-corrected chi connectivity index (χ2v) is 8.02. The number of fused-ring (bicyclic) bond motifs is 2. The van der Waals surface area contributed by atoms with Gasteiger partial charge in [-0.15, -0.1) is 0 Å². The largest absolute Gasteiger partial charge is 0.344 e. The zero-order valence-corrected chi connectivity index (χ0v) is 17.4. The van der Waals surface area contributed by atoms with Crippen LogP contribution in [0.3, 0.4) is 0 Å². The SMILES string of the molecule is Cc1cc(-c2cc3ccccc3n2C)c(C)c(-[n+]2cc3ccccc3cc2C)c1. The lowest BCUT2D eigenvalue weighted by Gasteiger charge is -2.12. The minimum atomic E-state index is 1.24. The highest BCUT2D eigenvalue weighted by atomic mass is 15.0.